The molecule has 0 spiro atoms. The van der Waals surface area contributed by atoms with E-state index in [-0.39, 0.29) is 18.4 Å². The van der Waals surface area contributed by atoms with Gasteiger partial charge in [0.2, 0.25) is 0 Å². The van der Waals surface area contributed by atoms with E-state index in [2.05, 4.69) is 4.74 Å². The molecule has 1 rings (SSSR count). The van der Waals surface area contributed by atoms with E-state index in [0.29, 0.717) is 5.56 Å². The van der Waals surface area contributed by atoms with E-state index in [1.54, 1.807) is 0 Å². The summed E-state index contributed by atoms with van der Waals surface area (Å²) in [5, 5.41) is 3.76. The van der Waals surface area contributed by atoms with E-state index in [1.807, 2.05) is 10.8 Å². The summed E-state index contributed by atoms with van der Waals surface area (Å²) < 4.78 is 5.60. The Morgan fingerprint density at radius 1 is 1.64 bits per heavy atom. The Morgan fingerprint density at radius 2 is 2.27 bits per heavy atom. The quantitative estimate of drug-likeness (QED) is 0.529. The van der Waals surface area contributed by atoms with Gasteiger partial charge in [0.25, 0.3) is 0 Å². The van der Waals surface area contributed by atoms with Gasteiger partial charge in [-0.1, -0.05) is 0 Å². The molecule has 0 saturated heterocycles. The van der Waals surface area contributed by atoms with E-state index in [1.165, 1.54) is 35.3 Å². The van der Waals surface area contributed by atoms with Gasteiger partial charge in [0.05, 0.1) is 0 Å². The number of carbonyl (C=O) groups is 1. The maximum absolute atomic E-state index is 10.9. The van der Waals surface area contributed by atoms with Gasteiger partial charge >= 0.3 is 71.5 Å². The fourth-order valence-corrected chi connectivity index (χ4v) is 2.46. The van der Waals surface area contributed by atoms with Crippen LogP contribution >= 0.6 is 23.7 Å². The van der Waals surface area contributed by atoms with Crippen LogP contribution in [0.1, 0.15) is 10.4 Å². The number of rotatable bonds is 1. The number of thiophene rings is 1. The van der Waals surface area contributed by atoms with E-state index in [9.17, 15) is 4.79 Å². The Morgan fingerprint density at radius 3 is 2.64 bits per heavy atom. The fourth-order valence-electron chi connectivity index (χ4n) is 0.583. The molecule has 1 unspecified atom stereocenters. The van der Waals surface area contributed by atoms with Crippen molar-refractivity contribution in [1.82, 2.24) is 0 Å². The second-order valence-corrected chi connectivity index (χ2v) is 3.78. The molecular weight excluding hydrogens is 247 g/mol. The molecule has 0 aliphatic carbocycles. The smallest absolute Gasteiger partial charge is 0.147 e. The van der Waals surface area contributed by atoms with Crippen molar-refractivity contribution < 1.29 is 9.53 Å². The van der Waals surface area contributed by atoms with Crippen molar-refractivity contribution in [1.29, 1.82) is 0 Å². The van der Waals surface area contributed by atoms with Crippen molar-refractivity contribution in [3.8, 4) is 0 Å². The van der Waals surface area contributed by atoms with E-state index < -0.39 is 0 Å². The van der Waals surface area contributed by atoms with Gasteiger partial charge < -0.3 is 0 Å². The van der Waals surface area contributed by atoms with Crippen LogP contribution in [0.3, 0.4) is 0 Å². The molecule has 0 amide bonds. The minimum atomic E-state index is -0.236. The zero-order valence-electron chi connectivity index (χ0n) is 5.87. The molecule has 62 valence electrons. The van der Waals surface area contributed by atoms with Crippen LogP contribution in [0.5, 0.6) is 0 Å². The van der Waals surface area contributed by atoms with Crippen LogP contribution in [0.2, 0.25) is 0 Å². The van der Waals surface area contributed by atoms with Crippen molar-refractivity contribution in [3.63, 3.8) is 0 Å². The van der Waals surface area contributed by atoms with Crippen LogP contribution in [-0.4, -0.2) is 29.9 Å². The molecule has 5 heteroatoms. The van der Waals surface area contributed by atoms with Crippen molar-refractivity contribution >= 4 is 50.9 Å². The normalized spacial score (nSPS) is 8.55. The molecule has 0 fully saturated rings. The molecule has 0 N–H and O–H groups in total. The van der Waals surface area contributed by atoms with Gasteiger partial charge in [-0.3, -0.25) is 0 Å². The van der Waals surface area contributed by atoms with Crippen molar-refractivity contribution in [2.24, 2.45) is 0 Å². The summed E-state index contributed by atoms with van der Waals surface area (Å²) in [5.74, 6) is -0.236. The molecule has 0 aliphatic rings. The largest absolute Gasteiger partial charge is 0.147 e. The minimum absolute atomic E-state index is 0. The molecule has 0 saturated carbocycles. The summed E-state index contributed by atoms with van der Waals surface area (Å²) in [6.45, 7) is 0. The van der Waals surface area contributed by atoms with Gasteiger partial charge in [0.15, 0.2) is 0 Å². The first kappa shape index (κ1) is 11.0. The average molecular weight is 255 g/mol. The maximum Gasteiger partial charge on any atom is -0.147 e. The fraction of sp³-hybridized carbons (Fsp3) is 0.167. The standard InChI is InChI=1S/C6H7AsO2S.ClH/c1-9-6(8)4-2-10-3-5(4)7;/h2-3H,7H2,1H3;1H. The SMILES string of the molecule is COC(=O)c1cscc1[AsH2].Cl. The predicted octanol–water partition coefficient (Wildman–Crippen LogP) is 0.215. The minimum Gasteiger partial charge on any atom is -0.147 e. The molecule has 1 heterocycles. The van der Waals surface area contributed by atoms with Crippen molar-refractivity contribution in [2.45, 2.75) is 0 Å². The summed E-state index contributed by atoms with van der Waals surface area (Å²) >= 11 is 2.97. The van der Waals surface area contributed by atoms with E-state index in [0.717, 1.165) is 4.35 Å². The molecule has 0 radical (unpaired) electrons. The van der Waals surface area contributed by atoms with Gasteiger partial charge in [0.1, 0.15) is 0 Å². The van der Waals surface area contributed by atoms with Gasteiger partial charge in [-0.05, 0) is 0 Å². The topological polar surface area (TPSA) is 26.3 Å². The van der Waals surface area contributed by atoms with Gasteiger partial charge in [0, 0.05) is 0 Å². The zero-order chi connectivity index (χ0) is 7.56. The Hall–Kier alpha value is 0.0184. The summed E-state index contributed by atoms with van der Waals surface area (Å²) in [6, 6.07) is 0. The Bertz CT molecular complexity index is 248. The third-order valence-electron chi connectivity index (χ3n) is 1.10. The molecule has 0 bridgehead atoms. The number of hydrogen-bond acceptors (Lipinski definition) is 3. The molecule has 0 aliphatic heterocycles. The maximum atomic E-state index is 10.9. The summed E-state index contributed by atoms with van der Waals surface area (Å²) in [6.07, 6.45) is 0. The number of ether oxygens (including phenoxy) is 1. The number of carbonyl (C=O) groups excluding carboxylic acids is 1. The first-order chi connectivity index (χ1) is 4.75. The third-order valence-corrected chi connectivity index (χ3v) is 3.37. The van der Waals surface area contributed by atoms with Crippen LogP contribution in [0.25, 0.3) is 0 Å². The van der Waals surface area contributed by atoms with Gasteiger partial charge in [-0.25, -0.2) is 0 Å². The Labute approximate surface area is 83.9 Å². The molecule has 0 aromatic carbocycles. The number of esters is 1. The van der Waals surface area contributed by atoms with Crippen molar-refractivity contribution in [2.75, 3.05) is 7.11 Å². The van der Waals surface area contributed by atoms with Crippen LogP contribution < -0.4 is 4.35 Å². The predicted molar refractivity (Wildman–Crippen MR) is 51.1 cm³/mol. The molecule has 1 aromatic rings. The number of halogens is 1. The summed E-state index contributed by atoms with van der Waals surface area (Å²) in [7, 11) is 1.40. The zero-order valence-corrected chi connectivity index (χ0v) is 9.92. The second kappa shape index (κ2) is 4.81. The van der Waals surface area contributed by atoms with E-state index in [4.69, 9.17) is 0 Å². The van der Waals surface area contributed by atoms with E-state index >= 15 is 0 Å². The number of hydrogen-bond donors (Lipinski definition) is 0. The molecule has 2 nitrogen and oxygen atoms in total. The molecule has 11 heavy (non-hydrogen) atoms. The molecule has 1 atom stereocenters. The van der Waals surface area contributed by atoms with Gasteiger partial charge in [-0.15, -0.1) is 12.4 Å². The first-order valence-corrected chi connectivity index (χ1v) is 4.81. The average Bonchev–Trinajstić information content (AvgIpc) is 2.34. The van der Waals surface area contributed by atoms with Crippen LogP contribution in [-0.2, 0) is 4.74 Å². The third kappa shape index (κ3) is 2.51. The van der Waals surface area contributed by atoms with Crippen molar-refractivity contribution in [3.05, 3.63) is 16.3 Å². The summed E-state index contributed by atoms with van der Waals surface area (Å²) in [5.41, 5.74) is 0.701. The van der Waals surface area contributed by atoms with Crippen LogP contribution in [0.4, 0.5) is 0 Å². The van der Waals surface area contributed by atoms with Gasteiger partial charge in [-0.2, -0.15) is 0 Å². The van der Waals surface area contributed by atoms with Crippen LogP contribution in [0, 0.1) is 0 Å². The molecule has 1 aromatic heterocycles. The molecular formula is C6H8AsClO2S. The number of methoxy groups -OCH3 is 1. The van der Waals surface area contributed by atoms with Crippen LogP contribution in [0.15, 0.2) is 10.8 Å². The Kier molecular flexibility index (Phi) is 4.82. The first-order valence-electron chi connectivity index (χ1n) is 2.65. The Balaban J connectivity index is 0.000001000. The monoisotopic (exact) mass is 254 g/mol. The summed E-state index contributed by atoms with van der Waals surface area (Å²) in [4.78, 5) is 10.9. The second-order valence-electron chi connectivity index (χ2n) is 1.73.